The van der Waals surface area contributed by atoms with Gasteiger partial charge in [0.25, 0.3) is 0 Å². The Labute approximate surface area is 113 Å². The highest BCUT2D eigenvalue weighted by molar-refractivity contribution is 5.87. The molecule has 0 aliphatic carbocycles. The minimum atomic E-state index is -1.10. The number of nitrogens with zero attached hydrogens (tertiary/aromatic N) is 2. The van der Waals surface area contributed by atoms with Gasteiger partial charge in [-0.05, 0) is 19.1 Å². The number of ether oxygens (including phenoxy) is 1. The number of pyridine rings is 1. The van der Waals surface area contributed by atoms with Gasteiger partial charge in [0.15, 0.2) is 0 Å². The summed E-state index contributed by atoms with van der Waals surface area (Å²) in [5.74, 6) is -0.918. The Balaban J connectivity index is 2.36. The van der Waals surface area contributed by atoms with Crippen molar-refractivity contribution in [1.29, 1.82) is 0 Å². The quantitative estimate of drug-likeness (QED) is 0.679. The molecule has 7 nitrogen and oxygen atoms in total. The number of nitro benzene ring substituents is 1. The number of rotatable bonds is 4. The molecule has 0 aliphatic heterocycles. The van der Waals surface area contributed by atoms with Crippen LogP contribution in [0.15, 0.2) is 36.5 Å². The summed E-state index contributed by atoms with van der Waals surface area (Å²) >= 11 is 0. The minimum absolute atomic E-state index is 0.0254. The van der Waals surface area contributed by atoms with E-state index in [-0.39, 0.29) is 22.9 Å². The highest BCUT2D eigenvalue weighted by Gasteiger charge is 2.16. The molecule has 0 atom stereocenters. The van der Waals surface area contributed by atoms with Crippen molar-refractivity contribution >= 4 is 11.7 Å². The minimum Gasteiger partial charge on any atom is -0.478 e. The van der Waals surface area contributed by atoms with Crippen LogP contribution < -0.4 is 4.74 Å². The monoisotopic (exact) mass is 274 g/mol. The first-order chi connectivity index (χ1) is 9.49. The lowest BCUT2D eigenvalue weighted by Gasteiger charge is -2.08. The summed E-state index contributed by atoms with van der Waals surface area (Å²) in [5, 5.41) is 19.7. The Morgan fingerprint density at radius 2 is 2.10 bits per heavy atom. The smallest absolute Gasteiger partial charge is 0.337 e. The fourth-order valence-electron chi connectivity index (χ4n) is 1.58. The molecule has 0 spiro atoms. The number of carboxylic acid groups (broad SMARTS) is 1. The van der Waals surface area contributed by atoms with Crippen LogP contribution in [0.4, 0.5) is 5.69 Å². The normalized spacial score (nSPS) is 10.1. The summed E-state index contributed by atoms with van der Waals surface area (Å²) < 4.78 is 5.39. The van der Waals surface area contributed by atoms with Crippen molar-refractivity contribution < 1.29 is 19.6 Å². The molecule has 1 heterocycles. The number of aryl methyl sites for hydroxylation is 1. The maximum atomic E-state index is 10.9. The van der Waals surface area contributed by atoms with Gasteiger partial charge in [-0.15, -0.1) is 0 Å². The standard InChI is InChI=1S/C13H10N2O5/c1-8-6-9(13(16)17)7-14-12(8)20-11-5-3-2-4-10(11)15(18)19/h2-7H,1H3,(H,16,17). The molecule has 2 aromatic rings. The molecule has 0 radical (unpaired) electrons. The second-order valence-corrected chi connectivity index (χ2v) is 3.98. The lowest BCUT2D eigenvalue weighted by atomic mass is 10.2. The van der Waals surface area contributed by atoms with Crippen LogP contribution in [0.1, 0.15) is 15.9 Å². The van der Waals surface area contributed by atoms with Gasteiger partial charge in [-0.3, -0.25) is 10.1 Å². The zero-order chi connectivity index (χ0) is 14.7. The second kappa shape index (κ2) is 5.35. The van der Waals surface area contributed by atoms with E-state index in [0.29, 0.717) is 5.56 Å². The molecular weight excluding hydrogens is 264 g/mol. The second-order valence-electron chi connectivity index (χ2n) is 3.98. The fourth-order valence-corrected chi connectivity index (χ4v) is 1.58. The lowest BCUT2D eigenvalue weighted by molar-refractivity contribution is -0.385. The molecule has 0 saturated heterocycles. The SMILES string of the molecule is Cc1cc(C(=O)O)cnc1Oc1ccccc1[N+](=O)[O-]. The lowest BCUT2D eigenvalue weighted by Crippen LogP contribution is -2.00. The first-order valence-corrected chi connectivity index (χ1v) is 5.60. The van der Waals surface area contributed by atoms with Crippen LogP contribution in [0.3, 0.4) is 0 Å². The van der Waals surface area contributed by atoms with Gasteiger partial charge >= 0.3 is 11.7 Å². The molecule has 0 bridgehead atoms. The maximum Gasteiger partial charge on any atom is 0.337 e. The number of carbonyl (C=O) groups is 1. The van der Waals surface area contributed by atoms with Gasteiger partial charge in [0.05, 0.1) is 10.5 Å². The van der Waals surface area contributed by atoms with Gasteiger partial charge in [-0.25, -0.2) is 9.78 Å². The van der Waals surface area contributed by atoms with Gasteiger partial charge in [0.1, 0.15) is 0 Å². The van der Waals surface area contributed by atoms with Crippen LogP contribution in [0.5, 0.6) is 11.6 Å². The molecule has 20 heavy (non-hydrogen) atoms. The van der Waals surface area contributed by atoms with Crippen molar-refractivity contribution in [3.63, 3.8) is 0 Å². The average molecular weight is 274 g/mol. The largest absolute Gasteiger partial charge is 0.478 e. The van der Waals surface area contributed by atoms with E-state index >= 15 is 0 Å². The number of hydrogen-bond donors (Lipinski definition) is 1. The van der Waals surface area contributed by atoms with Crippen LogP contribution in [0.25, 0.3) is 0 Å². The molecule has 0 unspecified atom stereocenters. The molecule has 0 aliphatic rings. The van der Waals surface area contributed by atoms with Crippen LogP contribution in [0.2, 0.25) is 0 Å². The first kappa shape index (κ1) is 13.5. The van der Waals surface area contributed by atoms with Gasteiger partial charge in [0, 0.05) is 17.8 Å². The fraction of sp³-hybridized carbons (Fsp3) is 0.0769. The van der Waals surface area contributed by atoms with Crippen molar-refractivity contribution in [2.75, 3.05) is 0 Å². The van der Waals surface area contributed by atoms with Crippen molar-refractivity contribution in [2.45, 2.75) is 6.92 Å². The third-order valence-electron chi connectivity index (χ3n) is 2.55. The molecule has 1 aromatic heterocycles. The molecule has 2 rings (SSSR count). The Hall–Kier alpha value is -2.96. The molecular formula is C13H10N2O5. The van der Waals surface area contributed by atoms with E-state index in [4.69, 9.17) is 9.84 Å². The van der Waals surface area contributed by atoms with Gasteiger partial charge in [-0.2, -0.15) is 0 Å². The molecule has 0 fully saturated rings. The van der Waals surface area contributed by atoms with E-state index in [9.17, 15) is 14.9 Å². The van der Waals surface area contributed by atoms with Crippen molar-refractivity contribution in [3.05, 3.63) is 57.8 Å². The number of carboxylic acids is 1. The Kier molecular flexibility index (Phi) is 3.60. The van der Waals surface area contributed by atoms with E-state index in [1.165, 1.54) is 24.3 Å². The number of nitro groups is 1. The highest BCUT2D eigenvalue weighted by Crippen LogP contribution is 2.31. The molecule has 0 amide bonds. The van der Waals surface area contributed by atoms with Crippen LogP contribution in [-0.4, -0.2) is 21.0 Å². The first-order valence-electron chi connectivity index (χ1n) is 5.60. The highest BCUT2D eigenvalue weighted by atomic mass is 16.6. The third-order valence-corrected chi connectivity index (χ3v) is 2.55. The Bertz CT molecular complexity index is 684. The molecule has 102 valence electrons. The molecule has 1 N–H and O–H groups in total. The van der Waals surface area contributed by atoms with Crippen molar-refractivity contribution in [1.82, 2.24) is 4.98 Å². The zero-order valence-electron chi connectivity index (χ0n) is 10.4. The van der Waals surface area contributed by atoms with Crippen LogP contribution in [0, 0.1) is 17.0 Å². The van der Waals surface area contributed by atoms with E-state index in [2.05, 4.69) is 4.98 Å². The van der Waals surface area contributed by atoms with E-state index in [0.717, 1.165) is 6.20 Å². The van der Waals surface area contributed by atoms with E-state index in [1.807, 2.05) is 0 Å². The van der Waals surface area contributed by atoms with Crippen LogP contribution >= 0.6 is 0 Å². The number of aromatic carboxylic acids is 1. The van der Waals surface area contributed by atoms with Crippen molar-refractivity contribution in [2.24, 2.45) is 0 Å². The van der Waals surface area contributed by atoms with Gasteiger partial charge in [0.2, 0.25) is 11.6 Å². The summed E-state index contributed by atoms with van der Waals surface area (Å²) in [5.41, 5.74) is 0.316. The van der Waals surface area contributed by atoms with E-state index in [1.54, 1.807) is 13.0 Å². The Morgan fingerprint density at radius 1 is 1.40 bits per heavy atom. The summed E-state index contributed by atoms with van der Waals surface area (Å²) in [6, 6.07) is 7.28. The predicted octanol–water partition coefficient (Wildman–Crippen LogP) is 2.79. The summed E-state index contributed by atoms with van der Waals surface area (Å²) in [6.45, 7) is 1.61. The molecule has 1 aromatic carbocycles. The molecule has 0 saturated carbocycles. The summed E-state index contributed by atoms with van der Waals surface area (Å²) in [7, 11) is 0. The van der Waals surface area contributed by atoms with Crippen molar-refractivity contribution in [3.8, 4) is 11.6 Å². The third kappa shape index (κ3) is 2.72. The average Bonchev–Trinajstić information content (AvgIpc) is 2.41. The number of aromatic nitrogens is 1. The van der Waals surface area contributed by atoms with Gasteiger partial charge in [-0.1, -0.05) is 12.1 Å². The van der Waals surface area contributed by atoms with Gasteiger partial charge < -0.3 is 9.84 Å². The summed E-state index contributed by atoms with van der Waals surface area (Å²) in [6.07, 6.45) is 1.14. The van der Waals surface area contributed by atoms with E-state index < -0.39 is 10.9 Å². The summed E-state index contributed by atoms with van der Waals surface area (Å²) in [4.78, 5) is 25.0. The maximum absolute atomic E-state index is 10.9. The zero-order valence-corrected chi connectivity index (χ0v) is 10.4. The Morgan fingerprint density at radius 3 is 2.70 bits per heavy atom. The topological polar surface area (TPSA) is 103 Å². The number of hydrogen-bond acceptors (Lipinski definition) is 5. The molecule has 7 heteroatoms. The number of para-hydroxylation sites is 2. The predicted molar refractivity (Wildman–Crippen MR) is 69.1 cm³/mol. The van der Waals surface area contributed by atoms with Crippen LogP contribution in [-0.2, 0) is 0 Å². The number of benzene rings is 1.